The highest BCUT2D eigenvalue weighted by molar-refractivity contribution is 5.91. The molecule has 0 saturated carbocycles. The molecule has 3 heteroatoms. The fourth-order valence-electron chi connectivity index (χ4n) is 1.86. The number of benzene rings is 1. The predicted octanol–water partition coefficient (Wildman–Crippen LogP) is 2.93. The van der Waals surface area contributed by atoms with Crippen molar-refractivity contribution in [2.24, 2.45) is 0 Å². The summed E-state index contributed by atoms with van der Waals surface area (Å²) in [6.07, 6.45) is 2.42. The molecule has 1 N–H and O–H groups in total. The average molecular weight is 228 g/mol. The molecule has 0 spiro atoms. The van der Waals surface area contributed by atoms with Crippen molar-refractivity contribution in [3.05, 3.63) is 36.0 Å². The fourth-order valence-corrected chi connectivity index (χ4v) is 1.86. The van der Waals surface area contributed by atoms with Crippen LogP contribution in [-0.2, 0) is 4.79 Å². The number of rotatable bonds is 5. The minimum absolute atomic E-state index is 0.606. The molecule has 0 saturated heterocycles. The van der Waals surface area contributed by atoms with Gasteiger partial charge >= 0.3 is 0 Å². The quantitative estimate of drug-likeness (QED) is 0.632. The van der Waals surface area contributed by atoms with E-state index in [4.69, 9.17) is 0 Å². The van der Waals surface area contributed by atoms with Gasteiger partial charge in [0.15, 0.2) is 0 Å². The first kappa shape index (κ1) is 11.6. The number of carbonyl (C=O) groups excluding carboxylic acids is 1. The van der Waals surface area contributed by atoms with Gasteiger partial charge in [-0.25, -0.2) is 0 Å². The number of nitrogens with one attached hydrogen (secondary N) is 1. The number of unbranched alkanes of at least 4 members (excludes halogenated alkanes) is 1. The molecule has 2 aromatic rings. The Morgan fingerprint density at radius 2 is 2.18 bits per heavy atom. The monoisotopic (exact) mass is 228 g/mol. The first-order chi connectivity index (χ1) is 8.31. The van der Waals surface area contributed by atoms with Gasteiger partial charge in [0.2, 0.25) is 0 Å². The zero-order chi connectivity index (χ0) is 12.1. The molecule has 17 heavy (non-hydrogen) atoms. The number of pyridine rings is 1. The van der Waals surface area contributed by atoms with Crippen LogP contribution in [0.25, 0.3) is 10.9 Å². The minimum Gasteiger partial charge on any atom is -0.384 e. The molecule has 1 aromatic carbocycles. The van der Waals surface area contributed by atoms with E-state index in [9.17, 15) is 4.79 Å². The first-order valence-electron chi connectivity index (χ1n) is 5.85. The van der Waals surface area contributed by atoms with Crippen LogP contribution < -0.4 is 5.32 Å². The maximum Gasteiger partial charge on any atom is 0.120 e. The lowest BCUT2D eigenvalue weighted by molar-refractivity contribution is -0.107. The van der Waals surface area contributed by atoms with E-state index in [0.717, 1.165) is 41.5 Å². The summed E-state index contributed by atoms with van der Waals surface area (Å²) in [5.41, 5.74) is 3.10. The largest absolute Gasteiger partial charge is 0.384 e. The van der Waals surface area contributed by atoms with Crippen molar-refractivity contribution >= 4 is 22.9 Å². The van der Waals surface area contributed by atoms with Crippen LogP contribution in [0.2, 0.25) is 0 Å². The second-order valence-corrected chi connectivity index (χ2v) is 4.06. The number of fused-ring (bicyclic) bond motifs is 1. The van der Waals surface area contributed by atoms with Gasteiger partial charge in [-0.2, -0.15) is 0 Å². The molecule has 0 radical (unpaired) electrons. The number of nitrogens with zero attached hydrogens (tertiary/aromatic N) is 1. The number of para-hydroxylation sites is 1. The van der Waals surface area contributed by atoms with Gasteiger partial charge in [-0.15, -0.1) is 0 Å². The summed E-state index contributed by atoms with van der Waals surface area (Å²) in [6.45, 7) is 2.80. The van der Waals surface area contributed by atoms with Crippen LogP contribution in [0.5, 0.6) is 0 Å². The Balaban J connectivity index is 2.23. The summed E-state index contributed by atoms with van der Waals surface area (Å²) < 4.78 is 0. The number of hydrogen-bond donors (Lipinski definition) is 1. The van der Waals surface area contributed by atoms with Crippen LogP contribution in [0.3, 0.4) is 0 Å². The van der Waals surface area contributed by atoms with Crippen LogP contribution in [-0.4, -0.2) is 17.8 Å². The third kappa shape index (κ3) is 2.81. The summed E-state index contributed by atoms with van der Waals surface area (Å²) >= 11 is 0. The summed E-state index contributed by atoms with van der Waals surface area (Å²) in [5.74, 6) is 0. The van der Waals surface area contributed by atoms with Gasteiger partial charge in [-0.1, -0.05) is 18.2 Å². The Kier molecular flexibility index (Phi) is 3.70. The highest BCUT2D eigenvalue weighted by Crippen LogP contribution is 2.22. The van der Waals surface area contributed by atoms with Crippen molar-refractivity contribution in [1.82, 2.24) is 4.98 Å². The lowest BCUT2D eigenvalue weighted by Gasteiger charge is -2.09. The highest BCUT2D eigenvalue weighted by atomic mass is 16.1. The third-order valence-corrected chi connectivity index (χ3v) is 2.66. The SMILES string of the molecule is Cc1cc(NCCCC=O)c2ccccc2n1. The second-order valence-electron chi connectivity index (χ2n) is 4.06. The molecule has 0 bridgehead atoms. The Bertz CT molecular complexity index is 523. The van der Waals surface area contributed by atoms with Gasteiger partial charge in [-0.05, 0) is 25.5 Å². The van der Waals surface area contributed by atoms with Gasteiger partial charge in [0, 0.05) is 29.7 Å². The van der Waals surface area contributed by atoms with Crippen molar-refractivity contribution in [1.29, 1.82) is 0 Å². The summed E-state index contributed by atoms with van der Waals surface area (Å²) in [5, 5.41) is 4.49. The van der Waals surface area contributed by atoms with E-state index in [0.29, 0.717) is 6.42 Å². The van der Waals surface area contributed by atoms with E-state index in [2.05, 4.69) is 16.4 Å². The molecular weight excluding hydrogens is 212 g/mol. The van der Waals surface area contributed by atoms with Crippen LogP contribution >= 0.6 is 0 Å². The van der Waals surface area contributed by atoms with E-state index < -0.39 is 0 Å². The Hall–Kier alpha value is -1.90. The van der Waals surface area contributed by atoms with Gasteiger partial charge < -0.3 is 10.1 Å². The standard InChI is InChI=1S/C14H16N2O/c1-11-10-14(15-8-4-5-9-17)12-6-2-3-7-13(12)16-11/h2-3,6-7,9-10H,4-5,8H2,1H3,(H,15,16). The van der Waals surface area contributed by atoms with Crippen LogP contribution in [0, 0.1) is 6.92 Å². The maximum absolute atomic E-state index is 10.2. The molecule has 0 aliphatic rings. The average Bonchev–Trinajstić information content (AvgIpc) is 2.34. The molecule has 1 aromatic heterocycles. The molecule has 0 atom stereocenters. The van der Waals surface area contributed by atoms with E-state index in [1.54, 1.807) is 0 Å². The minimum atomic E-state index is 0.606. The molecule has 0 amide bonds. The van der Waals surface area contributed by atoms with Crippen molar-refractivity contribution in [2.75, 3.05) is 11.9 Å². The Morgan fingerprint density at radius 3 is 3.00 bits per heavy atom. The molecule has 3 nitrogen and oxygen atoms in total. The first-order valence-corrected chi connectivity index (χ1v) is 5.85. The smallest absolute Gasteiger partial charge is 0.120 e. The normalized spacial score (nSPS) is 10.4. The van der Waals surface area contributed by atoms with Crippen LogP contribution in [0.4, 0.5) is 5.69 Å². The summed E-state index contributed by atoms with van der Waals surface area (Å²) in [7, 11) is 0. The second kappa shape index (κ2) is 5.43. The zero-order valence-corrected chi connectivity index (χ0v) is 9.94. The van der Waals surface area contributed by atoms with E-state index in [1.165, 1.54) is 0 Å². The summed E-state index contributed by atoms with van der Waals surface area (Å²) in [6, 6.07) is 10.1. The van der Waals surface area contributed by atoms with E-state index in [-0.39, 0.29) is 0 Å². The molecule has 0 unspecified atom stereocenters. The molecule has 1 heterocycles. The lowest BCUT2D eigenvalue weighted by Crippen LogP contribution is -2.03. The van der Waals surface area contributed by atoms with Gasteiger partial charge in [0.05, 0.1) is 5.52 Å². The van der Waals surface area contributed by atoms with E-state index in [1.807, 2.05) is 31.2 Å². The summed E-state index contributed by atoms with van der Waals surface area (Å²) in [4.78, 5) is 14.7. The van der Waals surface area contributed by atoms with Gasteiger partial charge in [-0.3, -0.25) is 4.98 Å². The van der Waals surface area contributed by atoms with Crippen molar-refractivity contribution in [3.63, 3.8) is 0 Å². The zero-order valence-electron chi connectivity index (χ0n) is 9.94. The molecular formula is C14H16N2O. The van der Waals surface area contributed by atoms with E-state index >= 15 is 0 Å². The Morgan fingerprint density at radius 1 is 1.35 bits per heavy atom. The number of hydrogen-bond acceptors (Lipinski definition) is 3. The number of carbonyl (C=O) groups is 1. The Labute approximate surface area is 101 Å². The lowest BCUT2D eigenvalue weighted by atomic mass is 10.1. The number of aryl methyl sites for hydroxylation is 1. The third-order valence-electron chi connectivity index (χ3n) is 2.66. The molecule has 0 aliphatic heterocycles. The van der Waals surface area contributed by atoms with Crippen LogP contribution in [0.15, 0.2) is 30.3 Å². The molecule has 0 fully saturated rings. The molecule has 0 aliphatic carbocycles. The fraction of sp³-hybridized carbons (Fsp3) is 0.286. The van der Waals surface area contributed by atoms with Gasteiger partial charge in [0.25, 0.3) is 0 Å². The number of anilines is 1. The molecule has 2 rings (SSSR count). The highest BCUT2D eigenvalue weighted by Gasteiger charge is 2.02. The molecule has 88 valence electrons. The van der Waals surface area contributed by atoms with Crippen LogP contribution in [0.1, 0.15) is 18.5 Å². The predicted molar refractivity (Wildman–Crippen MR) is 70.3 cm³/mol. The topological polar surface area (TPSA) is 42.0 Å². The maximum atomic E-state index is 10.2. The van der Waals surface area contributed by atoms with Crippen molar-refractivity contribution in [3.8, 4) is 0 Å². The van der Waals surface area contributed by atoms with Crippen molar-refractivity contribution < 1.29 is 4.79 Å². The number of aromatic nitrogens is 1. The van der Waals surface area contributed by atoms with Crippen molar-refractivity contribution in [2.45, 2.75) is 19.8 Å². The number of aldehydes is 1. The van der Waals surface area contributed by atoms with Gasteiger partial charge in [0.1, 0.15) is 6.29 Å².